The maximum atomic E-state index is 12.8. The number of nitrogens with zero attached hydrogens (tertiary/aromatic N) is 3. The summed E-state index contributed by atoms with van der Waals surface area (Å²) in [4.78, 5) is 25.1. The van der Waals surface area contributed by atoms with E-state index in [9.17, 15) is 9.59 Å². The summed E-state index contributed by atoms with van der Waals surface area (Å²) >= 11 is 6.07. The van der Waals surface area contributed by atoms with Crippen molar-refractivity contribution < 1.29 is 14.0 Å². The van der Waals surface area contributed by atoms with Crippen LogP contribution in [0.4, 0.5) is 11.4 Å². The number of rotatable bonds is 4. The monoisotopic (exact) mass is 399 g/mol. The van der Waals surface area contributed by atoms with E-state index in [0.29, 0.717) is 35.8 Å². The third-order valence-corrected chi connectivity index (χ3v) is 4.97. The van der Waals surface area contributed by atoms with Crippen LogP contribution in [0.2, 0.25) is 5.02 Å². The summed E-state index contributed by atoms with van der Waals surface area (Å²) in [6.45, 7) is 2.40. The Morgan fingerprint density at radius 1 is 1.21 bits per heavy atom. The molecule has 2 N–H and O–H groups in total. The van der Waals surface area contributed by atoms with E-state index in [2.05, 4.69) is 20.8 Å². The van der Waals surface area contributed by atoms with E-state index in [1.807, 2.05) is 11.5 Å². The van der Waals surface area contributed by atoms with Crippen LogP contribution in [-0.4, -0.2) is 26.6 Å². The number of nitrogens with one attached hydrogen (secondary N) is 2. The highest BCUT2D eigenvalue weighted by Gasteiger charge is 2.27. The van der Waals surface area contributed by atoms with Crippen LogP contribution < -0.4 is 10.6 Å². The molecule has 0 bridgehead atoms. The van der Waals surface area contributed by atoms with Crippen molar-refractivity contribution in [1.29, 1.82) is 0 Å². The molecule has 3 heterocycles. The highest BCUT2D eigenvalue weighted by atomic mass is 35.5. The Balaban J connectivity index is 1.51. The molecule has 3 aromatic rings. The van der Waals surface area contributed by atoms with Crippen molar-refractivity contribution in [3.63, 3.8) is 0 Å². The molecule has 1 aliphatic heterocycles. The number of carbonyl (C=O) groups excluding carboxylic acids is 2. The van der Waals surface area contributed by atoms with Gasteiger partial charge in [-0.05, 0) is 43.7 Å². The van der Waals surface area contributed by atoms with Crippen molar-refractivity contribution >= 4 is 34.8 Å². The molecule has 8 nitrogen and oxygen atoms in total. The van der Waals surface area contributed by atoms with Crippen molar-refractivity contribution in [2.75, 3.05) is 10.6 Å². The van der Waals surface area contributed by atoms with Gasteiger partial charge in [-0.1, -0.05) is 11.6 Å². The molecule has 9 heteroatoms. The number of hydrogen-bond donors (Lipinski definition) is 2. The summed E-state index contributed by atoms with van der Waals surface area (Å²) in [5, 5.41) is 14.3. The number of halogens is 1. The fourth-order valence-corrected chi connectivity index (χ4v) is 3.40. The first-order valence-electron chi connectivity index (χ1n) is 8.85. The number of benzene rings is 1. The number of amides is 2. The van der Waals surface area contributed by atoms with Crippen LogP contribution in [0.25, 0.3) is 0 Å². The summed E-state index contributed by atoms with van der Waals surface area (Å²) in [5.41, 5.74) is 0.875. The number of aromatic nitrogens is 3. The molecule has 2 amide bonds. The van der Waals surface area contributed by atoms with Gasteiger partial charge in [0, 0.05) is 18.0 Å². The zero-order valence-corrected chi connectivity index (χ0v) is 15.9. The van der Waals surface area contributed by atoms with E-state index in [1.165, 1.54) is 6.26 Å². The maximum absolute atomic E-state index is 12.8. The quantitative estimate of drug-likeness (QED) is 0.700. The average Bonchev–Trinajstić information content (AvgIpc) is 3.34. The fourth-order valence-electron chi connectivity index (χ4n) is 3.23. The first-order chi connectivity index (χ1) is 13.5. The Morgan fingerprint density at radius 3 is 2.86 bits per heavy atom. The zero-order chi connectivity index (χ0) is 19.7. The predicted molar refractivity (Wildman–Crippen MR) is 103 cm³/mol. The Kier molecular flexibility index (Phi) is 4.87. The predicted octanol–water partition coefficient (Wildman–Crippen LogP) is 3.29. The molecule has 28 heavy (non-hydrogen) atoms. The molecule has 144 valence electrons. The standard InChI is InChI=1S/C19H18ClN5O3/c1-11-23-24-17-7-4-12(10-25(11)17)18(26)21-14-6-5-13(20)9-15(14)22-19(27)16-3-2-8-28-16/h2-3,5-6,8-9,12H,4,7,10H2,1H3,(H,21,26)(H,22,27)/t12-/m0/s1. The van der Waals surface area contributed by atoms with Crippen molar-refractivity contribution in [3.05, 3.63) is 59.0 Å². The van der Waals surface area contributed by atoms with Crippen LogP contribution >= 0.6 is 11.6 Å². The highest BCUT2D eigenvalue weighted by molar-refractivity contribution is 6.31. The molecule has 1 atom stereocenters. The Hall–Kier alpha value is -3.13. The molecule has 0 spiro atoms. The van der Waals surface area contributed by atoms with Gasteiger partial charge in [-0.15, -0.1) is 10.2 Å². The van der Waals surface area contributed by atoms with Gasteiger partial charge in [-0.25, -0.2) is 0 Å². The topological polar surface area (TPSA) is 102 Å². The van der Waals surface area contributed by atoms with Crippen molar-refractivity contribution in [1.82, 2.24) is 14.8 Å². The normalized spacial score (nSPS) is 15.7. The van der Waals surface area contributed by atoms with Gasteiger partial charge >= 0.3 is 0 Å². The van der Waals surface area contributed by atoms with Crippen LogP contribution in [-0.2, 0) is 17.8 Å². The van der Waals surface area contributed by atoms with E-state index in [-0.39, 0.29) is 17.6 Å². The number of hydrogen-bond acceptors (Lipinski definition) is 5. The second kappa shape index (κ2) is 7.47. The second-order valence-electron chi connectivity index (χ2n) is 6.62. The summed E-state index contributed by atoms with van der Waals surface area (Å²) < 4.78 is 7.07. The molecule has 1 aromatic carbocycles. The lowest BCUT2D eigenvalue weighted by molar-refractivity contribution is -0.120. The van der Waals surface area contributed by atoms with E-state index in [0.717, 1.165) is 11.6 Å². The second-order valence-corrected chi connectivity index (χ2v) is 7.06. The summed E-state index contributed by atoms with van der Waals surface area (Å²) in [6.07, 6.45) is 2.80. The number of anilines is 2. The summed E-state index contributed by atoms with van der Waals surface area (Å²) in [5.74, 6) is 1.09. The van der Waals surface area contributed by atoms with Gasteiger partial charge in [-0.3, -0.25) is 9.59 Å². The van der Waals surface area contributed by atoms with E-state index in [1.54, 1.807) is 30.3 Å². The molecule has 0 fully saturated rings. The molecule has 0 unspecified atom stereocenters. The number of carbonyl (C=O) groups is 2. The molecule has 0 radical (unpaired) electrons. The van der Waals surface area contributed by atoms with Gasteiger partial charge in [0.2, 0.25) is 5.91 Å². The molecule has 0 saturated carbocycles. The minimum atomic E-state index is -0.426. The average molecular weight is 400 g/mol. The third kappa shape index (κ3) is 3.63. The number of aryl methyl sites for hydroxylation is 2. The SMILES string of the molecule is Cc1nnc2n1C[C@@H](C(=O)Nc1ccc(Cl)cc1NC(=O)c1ccco1)CC2. The maximum Gasteiger partial charge on any atom is 0.291 e. The lowest BCUT2D eigenvalue weighted by atomic mass is 9.98. The third-order valence-electron chi connectivity index (χ3n) is 4.74. The van der Waals surface area contributed by atoms with Gasteiger partial charge in [0.15, 0.2) is 5.76 Å². The molecule has 1 aliphatic rings. The Morgan fingerprint density at radius 2 is 2.07 bits per heavy atom. The summed E-state index contributed by atoms with van der Waals surface area (Å²) in [7, 11) is 0. The van der Waals surface area contributed by atoms with Gasteiger partial charge in [0.05, 0.1) is 23.6 Å². The minimum absolute atomic E-state index is 0.130. The van der Waals surface area contributed by atoms with E-state index < -0.39 is 5.91 Å². The molecule has 4 rings (SSSR count). The first-order valence-corrected chi connectivity index (χ1v) is 9.23. The first kappa shape index (κ1) is 18.2. The molecule has 0 saturated heterocycles. The largest absolute Gasteiger partial charge is 0.459 e. The van der Waals surface area contributed by atoms with E-state index >= 15 is 0 Å². The number of fused-ring (bicyclic) bond motifs is 1. The number of furan rings is 1. The lowest BCUT2D eigenvalue weighted by Crippen LogP contribution is -2.32. The Bertz CT molecular complexity index is 1030. The fraction of sp³-hybridized carbons (Fsp3) is 0.263. The van der Waals surface area contributed by atoms with Gasteiger partial charge < -0.3 is 19.6 Å². The van der Waals surface area contributed by atoms with Crippen molar-refractivity contribution in [2.45, 2.75) is 26.3 Å². The molecular formula is C19H18ClN5O3. The van der Waals surface area contributed by atoms with Crippen LogP contribution in [0, 0.1) is 12.8 Å². The van der Waals surface area contributed by atoms with Crippen LogP contribution in [0.5, 0.6) is 0 Å². The van der Waals surface area contributed by atoms with Crippen LogP contribution in [0.1, 0.15) is 28.6 Å². The molecular weight excluding hydrogens is 382 g/mol. The van der Waals surface area contributed by atoms with Gasteiger partial charge in [0.25, 0.3) is 5.91 Å². The van der Waals surface area contributed by atoms with Gasteiger partial charge in [0.1, 0.15) is 11.6 Å². The van der Waals surface area contributed by atoms with Gasteiger partial charge in [-0.2, -0.15) is 0 Å². The molecule has 2 aromatic heterocycles. The smallest absolute Gasteiger partial charge is 0.291 e. The molecule has 0 aliphatic carbocycles. The minimum Gasteiger partial charge on any atom is -0.459 e. The zero-order valence-electron chi connectivity index (χ0n) is 15.1. The van der Waals surface area contributed by atoms with Crippen LogP contribution in [0.3, 0.4) is 0 Å². The Labute approximate surface area is 165 Å². The van der Waals surface area contributed by atoms with Crippen molar-refractivity contribution in [2.24, 2.45) is 5.92 Å². The highest BCUT2D eigenvalue weighted by Crippen LogP contribution is 2.28. The van der Waals surface area contributed by atoms with Crippen LogP contribution in [0.15, 0.2) is 41.0 Å². The lowest BCUT2D eigenvalue weighted by Gasteiger charge is -2.23. The van der Waals surface area contributed by atoms with Crippen molar-refractivity contribution in [3.8, 4) is 0 Å². The van der Waals surface area contributed by atoms with E-state index in [4.69, 9.17) is 16.0 Å². The summed E-state index contributed by atoms with van der Waals surface area (Å²) in [6, 6.07) is 8.08.